The predicted molar refractivity (Wildman–Crippen MR) is 121 cm³/mol. The van der Waals surface area contributed by atoms with E-state index in [9.17, 15) is 19.2 Å². The number of ether oxygens (including phenoxy) is 4. The molecule has 0 unspecified atom stereocenters. The number of esters is 4. The summed E-state index contributed by atoms with van der Waals surface area (Å²) in [5, 5.41) is 0. The molecule has 0 aliphatic heterocycles. The highest BCUT2D eigenvalue weighted by molar-refractivity contribution is 5.77. The molecule has 0 aromatic heterocycles. The van der Waals surface area contributed by atoms with Gasteiger partial charge in [-0.25, -0.2) is 0 Å². The SMILES string of the molecule is N[C@@H](CCC(=O)OCCC(=O)OCc1ccccc1)C(=O)OCCC(=O)OCc1ccccc1. The van der Waals surface area contributed by atoms with Gasteiger partial charge >= 0.3 is 23.9 Å². The lowest BCUT2D eigenvalue weighted by Gasteiger charge is -2.11. The Morgan fingerprint density at radius 2 is 1.06 bits per heavy atom. The summed E-state index contributed by atoms with van der Waals surface area (Å²) < 4.78 is 20.1. The van der Waals surface area contributed by atoms with Crippen LogP contribution in [-0.4, -0.2) is 43.1 Å². The average molecular weight is 472 g/mol. The van der Waals surface area contributed by atoms with Crippen LogP contribution in [0.5, 0.6) is 0 Å². The number of carbonyl (C=O) groups is 4. The molecule has 2 N–H and O–H groups in total. The second-order valence-electron chi connectivity index (χ2n) is 7.33. The lowest BCUT2D eigenvalue weighted by atomic mass is 10.2. The van der Waals surface area contributed by atoms with E-state index >= 15 is 0 Å². The van der Waals surface area contributed by atoms with E-state index in [0.717, 1.165) is 11.1 Å². The maximum absolute atomic E-state index is 11.9. The molecule has 2 aromatic rings. The van der Waals surface area contributed by atoms with Crippen LogP contribution < -0.4 is 5.73 Å². The van der Waals surface area contributed by atoms with Crippen LogP contribution in [0.15, 0.2) is 60.7 Å². The summed E-state index contributed by atoms with van der Waals surface area (Å²) in [5.41, 5.74) is 7.43. The smallest absolute Gasteiger partial charge is 0.322 e. The molecule has 0 heterocycles. The third kappa shape index (κ3) is 11.2. The summed E-state index contributed by atoms with van der Waals surface area (Å²) in [6, 6.07) is 17.4. The molecular weight excluding hydrogens is 442 g/mol. The monoisotopic (exact) mass is 471 g/mol. The first-order valence-corrected chi connectivity index (χ1v) is 10.9. The molecular formula is C25H29NO8. The van der Waals surface area contributed by atoms with Crippen molar-refractivity contribution >= 4 is 23.9 Å². The van der Waals surface area contributed by atoms with E-state index in [-0.39, 0.29) is 52.1 Å². The Kier molecular flexibility index (Phi) is 11.8. The van der Waals surface area contributed by atoms with Crippen LogP contribution in [0.25, 0.3) is 0 Å². The molecule has 0 amide bonds. The molecule has 1 atom stereocenters. The van der Waals surface area contributed by atoms with Gasteiger partial charge in [0.25, 0.3) is 0 Å². The van der Waals surface area contributed by atoms with Crippen LogP contribution in [0, 0.1) is 0 Å². The van der Waals surface area contributed by atoms with Gasteiger partial charge in [-0.05, 0) is 17.5 Å². The van der Waals surface area contributed by atoms with E-state index < -0.39 is 29.9 Å². The second kappa shape index (κ2) is 15.2. The van der Waals surface area contributed by atoms with Crippen LogP contribution >= 0.6 is 0 Å². The molecule has 0 aliphatic carbocycles. The van der Waals surface area contributed by atoms with Crippen molar-refractivity contribution in [1.82, 2.24) is 0 Å². The number of benzene rings is 2. The molecule has 9 nitrogen and oxygen atoms in total. The second-order valence-corrected chi connectivity index (χ2v) is 7.33. The van der Waals surface area contributed by atoms with Gasteiger partial charge in [-0.1, -0.05) is 60.7 Å². The van der Waals surface area contributed by atoms with Gasteiger partial charge in [0.2, 0.25) is 0 Å². The Morgan fingerprint density at radius 3 is 1.56 bits per heavy atom. The summed E-state index contributed by atoms with van der Waals surface area (Å²) >= 11 is 0. The molecule has 0 saturated carbocycles. The maximum Gasteiger partial charge on any atom is 0.322 e. The van der Waals surface area contributed by atoms with Gasteiger partial charge in [0.05, 0.1) is 12.8 Å². The maximum atomic E-state index is 11.9. The number of nitrogens with two attached hydrogens (primary N) is 1. The van der Waals surface area contributed by atoms with E-state index in [0.29, 0.717) is 0 Å². The molecule has 0 fully saturated rings. The molecule has 0 aliphatic rings. The third-order valence-electron chi connectivity index (χ3n) is 4.57. The van der Waals surface area contributed by atoms with Crippen molar-refractivity contribution in [2.75, 3.05) is 13.2 Å². The Hall–Kier alpha value is -3.72. The zero-order chi connectivity index (χ0) is 24.6. The Morgan fingerprint density at radius 1 is 0.618 bits per heavy atom. The van der Waals surface area contributed by atoms with Crippen LogP contribution in [0.2, 0.25) is 0 Å². The summed E-state index contributed by atoms with van der Waals surface area (Å²) in [5.74, 6) is -2.31. The number of carbonyl (C=O) groups excluding carboxylic acids is 4. The molecule has 0 radical (unpaired) electrons. The molecule has 34 heavy (non-hydrogen) atoms. The number of hydrogen-bond acceptors (Lipinski definition) is 9. The van der Waals surface area contributed by atoms with Crippen molar-refractivity contribution in [2.45, 2.75) is 44.9 Å². The first-order chi connectivity index (χ1) is 16.4. The topological polar surface area (TPSA) is 131 Å². The quantitative estimate of drug-likeness (QED) is 0.326. The van der Waals surface area contributed by atoms with Gasteiger partial charge in [-0.2, -0.15) is 0 Å². The van der Waals surface area contributed by atoms with Gasteiger partial charge in [0.15, 0.2) is 0 Å². The minimum absolute atomic E-state index is 0.00851. The lowest BCUT2D eigenvalue weighted by molar-refractivity contribution is -0.151. The fraction of sp³-hybridized carbons (Fsp3) is 0.360. The minimum Gasteiger partial charge on any atom is -0.465 e. The highest BCUT2D eigenvalue weighted by atomic mass is 16.6. The summed E-state index contributed by atoms with van der Waals surface area (Å²) in [7, 11) is 0. The lowest BCUT2D eigenvalue weighted by Crippen LogP contribution is -2.33. The number of hydrogen-bond donors (Lipinski definition) is 1. The van der Waals surface area contributed by atoms with Crippen molar-refractivity contribution in [2.24, 2.45) is 5.73 Å². The molecule has 0 spiro atoms. The van der Waals surface area contributed by atoms with Gasteiger partial charge in [0, 0.05) is 6.42 Å². The zero-order valence-electron chi connectivity index (χ0n) is 18.9. The largest absolute Gasteiger partial charge is 0.465 e. The average Bonchev–Trinajstić information content (AvgIpc) is 2.86. The Balaban J connectivity index is 1.50. The minimum atomic E-state index is -1.04. The van der Waals surface area contributed by atoms with Gasteiger partial charge in [-0.15, -0.1) is 0 Å². The highest BCUT2D eigenvalue weighted by Crippen LogP contribution is 2.05. The standard InChI is InChI=1S/C25H29NO8/c26-21(25(30)32-16-14-24(29)34-18-20-9-5-2-6-10-20)11-12-22(27)31-15-13-23(28)33-17-19-7-3-1-4-8-19/h1-10,21H,11-18,26H2/t21-/m0/s1. The summed E-state index contributed by atoms with van der Waals surface area (Å²) in [6.45, 7) is -0.0117. The fourth-order valence-electron chi connectivity index (χ4n) is 2.67. The van der Waals surface area contributed by atoms with E-state index in [1.54, 1.807) is 0 Å². The van der Waals surface area contributed by atoms with Gasteiger partial charge < -0.3 is 24.7 Å². The molecule has 182 valence electrons. The van der Waals surface area contributed by atoms with Crippen molar-refractivity contribution in [3.05, 3.63) is 71.8 Å². The molecule has 2 rings (SSSR count). The van der Waals surface area contributed by atoms with E-state index in [1.807, 2.05) is 60.7 Å². The molecule has 2 aromatic carbocycles. The third-order valence-corrected chi connectivity index (χ3v) is 4.57. The highest BCUT2D eigenvalue weighted by Gasteiger charge is 2.18. The van der Waals surface area contributed by atoms with Crippen molar-refractivity contribution in [3.8, 4) is 0 Å². The van der Waals surface area contributed by atoms with Gasteiger partial charge in [-0.3, -0.25) is 19.2 Å². The Labute approximate surface area is 198 Å². The predicted octanol–water partition coefficient (Wildman–Crippen LogP) is 2.45. The van der Waals surface area contributed by atoms with E-state index in [2.05, 4.69) is 0 Å². The number of rotatable bonds is 14. The summed E-state index contributed by atoms with van der Waals surface area (Å²) in [4.78, 5) is 47.1. The molecule has 0 bridgehead atoms. The normalized spacial score (nSPS) is 11.2. The van der Waals surface area contributed by atoms with Crippen molar-refractivity contribution < 1.29 is 38.1 Å². The van der Waals surface area contributed by atoms with Crippen LogP contribution in [0.3, 0.4) is 0 Å². The first-order valence-electron chi connectivity index (χ1n) is 10.9. The van der Waals surface area contributed by atoms with Crippen LogP contribution in [0.4, 0.5) is 0 Å². The van der Waals surface area contributed by atoms with E-state index in [4.69, 9.17) is 24.7 Å². The molecule has 0 saturated heterocycles. The fourth-order valence-corrected chi connectivity index (χ4v) is 2.67. The van der Waals surface area contributed by atoms with Gasteiger partial charge in [0.1, 0.15) is 32.5 Å². The first kappa shape index (κ1) is 26.5. The van der Waals surface area contributed by atoms with Crippen LogP contribution in [0.1, 0.15) is 36.8 Å². The summed E-state index contributed by atoms with van der Waals surface area (Å²) in [6.07, 6.45) is -0.288. The Bertz CT molecular complexity index is 917. The van der Waals surface area contributed by atoms with Crippen LogP contribution in [-0.2, 0) is 51.3 Å². The zero-order valence-corrected chi connectivity index (χ0v) is 18.9. The van der Waals surface area contributed by atoms with E-state index in [1.165, 1.54) is 0 Å². The molecule has 9 heteroatoms. The van der Waals surface area contributed by atoms with Crippen molar-refractivity contribution in [3.63, 3.8) is 0 Å². The van der Waals surface area contributed by atoms with Crippen molar-refractivity contribution in [1.29, 1.82) is 0 Å².